The first-order valence-electron chi connectivity index (χ1n) is 7.86. The Labute approximate surface area is 137 Å². The third-order valence-corrected chi connectivity index (χ3v) is 5.93. The maximum absolute atomic E-state index is 12.2. The second kappa shape index (κ2) is 7.25. The Morgan fingerprint density at radius 3 is 2.57 bits per heavy atom. The lowest BCUT2D eigenvalue weighted by molar-refractivity contribution is 0.0786. The molecule has 7 nitrogen and oxygen atoms in total. The Morgan fingerprint density at radius 2 is 2.04 bits per heavy atom. The number of hydrogen-bond donors (Lipinski definition) is 0. The standard InChI is InChI=1S/C15H24N4O3S/c1-4-5-9-18(2)15(20)13-6-7-14(17-16-13)19(3)12-8-10-23(21,22)11-12/h6-7,12H,4-5,8-11H2,1-3H3. The average molecular weight is 340 g/mol. The number of unbranched alkanes of at least 4 members (excludes halogenated alkanes) is 1. The van der Waals surface area contributed by atoms with E-state index in [0.29, 0.717) is 24.5 Å². The van der Waals surface area contributed by atoms with Crippen molar-refractivity contribution in [1.29, 1.82) is 0 Å². The van der Waals surface area contributed by atoms with Gasteiger partial charge in [0.05, 0.1) is 11.5 Å². The molecule has 8 heteroatoms. The predicted octanol–water partition coefficient (Wildman–Crippen LogP) is 0.972. The Morgan fingerprint density at radius 1 is 1.30 bits per heavy atom. The summed E-state index contributed by atoms with van der Waals surface area (Å²) in [5.74, 6) is 0.795. The van der Waals surface area contributed by atoms with Gasteiger partial charge in [0.2, 0.25) is 0 Å². The SMILES string of the molecule is CCCCN(C)C(=O)c1ccc(N(C)C2CCS(=O)(=O)C2)nn1. The van der Waals surface area contributed by atoms with Crippen LogP contribution in [0, 0.1) is 0 Å². The molecule has 23 heavy (non-hydrogen) atoms. The molecular formula is C15H24N4O3S. The number of sulfone groups is 1. The molecule has 0 N–H and O–H groups in total. The highest BCUT2D eigenvalue weighted by atomic mass is 32.2. The first-order valence-corrected chi connectivity index (χ1v) is 9.68. The van der Waals surface area contributed by atoms with E-state index in [-0.39, 0.29) is 23.5 Å². The van der Waals surface area contributed by atoms with E-state index < -0.39 is 9.84 Å². The predicted molar refractivity (Wildman–Crippen MR) is 89.4 cm³/mol. The van der Waals surface area contributed by atoms with Crippen LogP contribution < -0.4 is 4.90 Å². The van der Waals surface area contributed by atoms with Gasteiger partial charge in [-0.05, 0) is 25.0 Å². The summed E-state index contributed by atoms with van der Waals surface area (Å²) in [6.45, 7) is 2.77. The number of amides is 1. The Hall–Kier alpha value is -1.70. The topological polar surface area (TPSA) is 83.5 Å². The summed E-state index contributed by atoms with van der Waals surface area (Å²) in [6.07, 6.45) is 2.57. The van der Waals surface area contributed by atoms with Crippen molar-refractivity contribution in [2.24, 2.45) is 0 Å². The van der Waals surface area contributed by atoms with Gasteiger partial charge in [-0.1, -0.05) is 13.3 Å². The van der Waals surface area contributed by atoms with Crippen LogP contribution in [0.2, 0.25) is 0 Å². The Balaban J connectivity index is 2.03. The zero-order valence-corrected chi connectivity index (χ0v) is 14.7. The maximum Gasteiger partial charge on any atom is 0.274 e. The minimum atomic E-state index is -2.94. The van der Waals surface area contributed by atoms with Gasteiger partial charge in [-0.15, -0.1) is 10.2 Å². The van der Waals surface area contributed by atoms with Gasteiger partial charge >= 0.3 is 0 Å². The molecule has 2 rings (SSSR count). The third kappa shape index (κ3) is 4.40. The van der Waals surface area contributed by atoms with E-state index in [1.807, 2.05) is 11.9 Å². The number of carbonyl (C=O) groups excluding carboxylic acids is 1. The molecule has 1 unspecified atom stereocenters. The van der Waals surface area contributed by atoms with E-state index in [0.717, 1.165) is 12.8 Å². The van der Waals surface area contributed by atoms with Crippen LogP contribution in [0.5, 0.6) is 0 Å². The lowest BCUT2D eigenvalue weighted by atomic mass is 10.2. The van der Waals surface area contributed by atoms with Gasteiger partial charge < -0.3 is 9.80 Å². The van der Waals surface area contributed by atoms with Crippen LogP contribution in [0.25, 0.3) is 0 Å². The molecule has 1 saturated heterocycles. The normalized spacial score (nSPS) is 19.5. The molecule has 1 aromatic heterocycles. The highest BCUT2D eigenvalue weighted by molar-refractivity contribution is 7.91. The monoisotopic (exact) mass is 340 g/mol. The summed E-state index contributed by atoms with van der Waals surface area (Å²) in [6, 6.07) is 3.29. The highest BCUT2D eigenvalue weighted by Gasteiger charge is 2.31. The van der Waals surface area contributed by atoms with Crippen molar-refractivity contribution in [2.45, 2.75) is 32.2 Å². The molecule has 128 valence electrons. The Bertz CT molecular complexity index is 645. The second-order valence-electron chi connectivity index (χ2n) is 6.02. The van der Waals surface area contributed by atoms with E-state index in [4.69, 9.17) is 0 Å². The highest BCUT2D eigenvalue weighted by Crippen LogP contribution is 2.21. The molecule has 1 fully saturated rings. The zero-order valence-electron chi connectivity index (χ0n) is 13.9. The number of carbonyl (C=O) groups is 1. The number of nitrogens with zero attached hydrogens (tertiary/aromatic N) is 4. The molecule has 0 spiro atoms. The van der Waals surface area contributed by atoms with E-state index >= 15 is 0 Å². The lowest BCUT2D eigenvalue weighted by Gasteiger charge is -2.24. The minimum Gasteiger partial charge on any atom is -0.354 e. The van der Waals surface area contributed by atoms with Gasteiger partial charge in [0.15, 0.2) is 21.3 Å². The fraction of sp³-hybridized carbons (Fsp3) is 0.667. The quantitative estimate of drug-likeness (QED) is 0.767. The molecular weight excluding hydrogens is 316 g/mol. The lowest BCUT2D eigenvalue weighted by Crippen LogP contribution is -2.34. The molecule has 1 aromatic rings. The van der Waals surface area contributed by atoms with Crippen LogP contribution in [-0.2, 0) is 9.84 Å². The van der Waals surface area contributed by atoms with Crippen molar-refractivity contribution in [3.63, 3.8) is 0 Å². The summed E-state index contributed by atoms with van der Waals surface area (Å²) in [5, 5.41) is 8.09. The summed E-state index contributed by atoms with van der Waals surface area (Å²) in [7, 11) is 0.622. The van der Waals surface area contributed by atoms with Crippen molar-refractivity contribution in [1.82, 2.24) is 15.1 Å². The van der Waals surface area contributed by atoms with Gasteiger partial charge in [0.1, 0.15) is 0 Å². The molecule has 1 amide bonds. The van der Waals surface area contributed by atoms with Gasteiger partial charge in [0, 0.05) is 26.7 Å². The number of aromatic nitrogens is 2. The summed E-state index contributed by atoms with van der Waals surface area (Å²) < 4.78 is 23.1. The molecule has 0 aliphatic carbocycles. The minimum absolute atomic E-state index is 0.0805. The van der Waals surface area contributed by atoms with Crippen molar-refractivity contribution < 1.29 is 13.2 Å². The van der Waals surface area contributed by atoms with Gasteiger partial charge in [0.25, 0.3) is 5.91 Å². The van der Waals surface area contributed by atoms with Crippen LogP contribution in [0.15, 0.2) is 12.1 Å². The molecule has 1 aliphatic rings. The van der Waals surface area contributed by atoms with Gasteiger partial charge in [-0.3, -0.25) is 4.79 Å². The fourth-order valence-corrected chi connectivity index (χ4v) is 4.36. The maximum atomic E-state index is 12.2. The molecule has 0 radical (unpaired) electrons. The van der Waals surface area contributed by atoms with Gasteiger partial charge in [-0.2, -0.15) is 0 Å². The van der Waals surface area contributed by atoms with Crippen molar-refractivity contribution in [3.05, 3.63) is 17.8 Å². The number of rotatable bonds is 6. The third-order valence-electron chi connectivity index (χ3n) is 4.18. The van der Waals surface area contributed by atoms with E-state index in [9.17, 15) is 13.2 Å². The first-order chi connectivity index (χ1) is 10.8. The zero-order chi connectivity index (χ0) is 17.0. The van der Waals surface area contributed by atoms with Crippen molar-refractivity contribution in [2.75, 3.05) is 37.0 Å². The smallest absolute Gasteiger partial charge is 0.274 e. The van der Waals surface area contributed by atoms with Crippen molar-refractivity contribution >= 4 is 21.6 Å². The first kappa shape index (κ1) is 17.7. The average Bonchev–Trinajstić information content (AvgIpc) is 2.91. The fourth-order valence-electron chi connectivity index (χ4n) is 2.59. The summed E-state index contributed by atoms with van der Waals surface area (Å²) in [5.41, 5.74) is 0.305. The van der Waals surface area contributed by atoms with Gasteiger partial charge in [-0.25, -0.2) is 8.42 Å². The van der Waals surface area contributed by atoms with Crippen molar-refractivity contribution in [3.8, 4) is 0 Å². The summed E-state index contributed by atoms with van der Waals surface area (Å²) in [4.78, 5) is 15.7. The molecule has 0 bridgehead atoms. The van der Waals surface area contributed by atoms with Crippen LogP contribution in [0.3, 0.4) is 0 Å². The Kier molecular flexibility index (Phi) is 5.56. The molecule has 0 aromatic carbocycles. The number of anilines is 1. The molecule has 2 heterocycles. The second-order valence-corrected chi connectivity index (χ2v) is 8.25. The van der Waals surface area contributed by atoms with Crippen LogP contribution in [-0.4, -0.2) is 67.6 Å². The largest absolute Gasteiger partial charge is 0.354 e. The summed E-state index contributed by atoms with van der Waals surface area (Å²) >= 11 is 0. The molecule has 1 atom stereocenters. The van der Waals surface area contributed by atoms with E-state index in [1.165, 1.54) is 0 Å². The van der Waals surface area contributed by atoms with E-state index in [2.05, 4.69) is 17.1 Å². The van der Waals surface area contributed by atoms with Crippen LogP contribution >= 0.6 is 0 Å². The van der Waals surface area contributed by atoms with Crippen LogP contribution in [0.4, 0.5) is 5.82 Å². The molecule has 0 saturated carbocycles. The molecule has 1 aliphatic heterocycles. The van der Waals surface area contributed by atoms with E-state index in [1.54, 1.807) is 24.1 Å². The van der Waals surface area contributed by atoms with Crippen LogP contribution in [0.1, 0.15) is 36.7 Å². The number of hydrogen-bond acceptors (Lipinski definition) is 6.